The number of unbranched alkanes of at least 4 members (excludes halogenated alkanes) is 1. The maximum Gasteiger partial charge on any atom is 0.231 e. The number of nitrogens with zero attached hydrogens (tertiary/aromatic N) is 1. The van der Waals surface area contributed by atoms with Gasteiger partial charge in [0.25, 0.3) is 0 Å². The van der Waals surface area contributed by atoms with E-state index in [1.165, 1.54) is 0 Å². The predicted octanol–water partition coefficient (Wildman–Crippen LogP) is -1.02. The van der Waals surface area contributed by atoms with Crippen molar-refractivity contribution in [2.75, 3.05) is 13.1 Å². The van der Waals surface area contributed by atoms with Crippen molar-refractivity contribution in [1.29, 1.82) is 0 Å². The minimum Gasteiger partial charge on any atom is -0.409 e. The molecule has 0 saturated carbocycles. The molecule has 0 aromatic heterocycles. The van der Waals surface area contributed by atoms with Gasteiger partial charge in [0.15, 0.2) is 0 Å². The van der Waals surface area contributed by atoms with Gasteiger partial charge in [-0.25, -0.2) is 0 Å². The third-order valence-corrected chi connectivity index (χ3v) is 1.46. The molecule has 0 aromatic rings. The predicted molar refractivity (Wildman–Crippen MR) is 49.3 cm³/mol. The van der Waals surface area contributed by atoms with Crippen molar-refractivity contribution >= 4 is 11.7 Å². The Hall–Kier alpha value is -1.30. The van der Waals surface area contributed by atoms with Crippen LogP contribution in [0.15, 0.2) is 5.16 Å². The third kappa shape index (κ3) is 8.61. The lowest BCUT2D eigenvalue weighted by molar-refractivity contribution is -0.117. The van der Waals surface area contributed by atoms with Crippen LogP contribution in [0.3, 0.4) is 0 Å². The van der Waals surface area contributed by atoms with E-state index in [4.69, 9.17) is 16.7 Å². The second-order valence-electron chi connectivity index (χ2n) is 2.69. The van der Waals surface area contributed by atoms with Crippen LogP contribution in [0, 0.1) is 0 Å². The van der Waals surface area contributed by atoms with Crippen LogP contribution in [0.25, 0.3) is 0 Å². The normalized spacial score (nSPS) is 11.5. The summed E-state index contributed by atoms with van der Waals surface area (Å²) in [7, 11) is 0. The van der Waals surface area contributed by atoms with Gasteiger partial charge in [0, 0.05) is 6.42 Å². The van der Waals surface area contributed by atoms with Gasteiger partial charge in [0.2, 0.25) is 5.91 Å². The van der Waals surface area contributed by atoms with Gasteiger partial charge in [-0.1, -0.05) is 5.16 Å². The van der Waals surface area contributed by atoms with E-state index in [-0.39, 0.29) is 18.3 Å². The molecule has 0 aromatic carbocycles. The van der Waals surface area contributed by atoms with Crippen molar-refractivity contribution in [3.05, 3.63) is 0 Å². The maximum absolute atomic E-state index is 10.3. The first-order chi connectivity index (χ1) is 6.16. The molecule has 0 aliphatic heterocycles. The Labute approximate surface area is 77.0 Å². The highest BCUT2D eigenvalue weighted by molar-refractivity contribution is 5.79. The second-order valence-corrected chi connectivity index (χ2v) is 2.69. The van der Waals surface area contributed by atoms with Crippen LogP contribution < -0.4 is 16.8 Å². The number of nitrogens with one attached hydrogen (secondary N) is 1. The van der Waals surface area contributed by atoms with E-state index in [9.17, 15) is 4.79 Å². The van der Waals surface area contributed by atoms with Crippen LogP contribution in [-0.4, -0.2) is 30.0 Å². The number of carbonyl (C=O) groups excluding carboxylic acids is 1. The Bertz CT molecular complexity index is 181. The fourth-order valence-corrected chi connectivity index (χ4v) is 0.818. The summed E-state index contributed by atoms with van der Waals surface area (Å²) < 4.78 is 0. The van der Waals surface area contributed by atoms with E-state index in [2.05, 4.69) is 10.5 Å². The fourth-order valence-electron chi connectivity index (χ4n) is 0.818. The molecule has 0 spiro atoms. The van der Waals surface area contributed by atoms with E-state index in [1.807, 2.05) is 0 Å². The van der Waals surface area contributed by atoms with E-state index in [0.717, 1.165) is 12.8 Å². The molecule has 0 fully saturated rings. The molecule has 0 saturated heterocycles. The third-order valence-electron chi connectivity index (χ3n) is 1.46. The molecule has 6 heteroatoms. The van der Waals surface area contributed by atoms with Gasteiger partial charge in [-0.3, -0.25) is 4.79 Å². The molecule has 0 aliphatic carbocycles. The highest BCUT2D eigenvalue weighted by atomic mass is 16.4. The van der Waals surface area contributed by atoms with E-state index < -0.39 is 0 Å². The summed E-state index contributed by atoms with van der Waals surface area (Å²) in [6.45, 7) is 0.908. The van der Waals surface area contributed by atoms with Gasteiger partial charge < -0.3 is 22.0 Å². The highest BCUT2D eigenvalue weighted by Gasteiger charge is 1.95. The molecule has 1 amide bonds. The van der Waals surface area contributed by atoms with Crippen LogP contribution in [0.1, 0.15) is 19.3 Å². The fraction of sp³-hybridized carbons (Fsp3) is 0.714. The summed E-state index contributed by atoms with van der Waals surface area (Å²) in [5.41, 5.74) is 10.1. The lowest BCUT2D eigenvalue weighted by atomic mass is 10.2. The van der Waals surface area contributed by atoms with Crippen LogP contribution >= 0.6 is 0 Å². The standard InChI is InChI=1S/C7H16N4O2/c8-6(11-13)3-1-2-4-10-5-7(9)12/h10,13H,1-5H2,(H2,8,11)(H2,9,12). The number of oxime groups is 1. The van der Waals surface area contributed by atoms with Crippen molar-refractivity contribution in [3.63, 3.8) is 0 Å². The van der Waals surface area contributed by atoms with Gasteiger partial charge >= 0.3 is 0 Å². The topological polar surface area (TPSA) is 114 Å². The molecule has 0 aliphatic rings. The second kappa shape index (κ2) is 7.35. The minimum absolute atomic E-state index is 0.198. The molecule has 0 heterocycles. The molecule has 0 radical (unpaired) electrons. The summed E-state index contributed by atoms with van der Waals surface area (Å²) in [6.07, 6.45) is 2.25. The SMILES string of the molecule is NC(=O)CNCCCCC(N)=NO. The zero-order chi connectivity index (χ0) is 10.1. The van der Waals surface area contributed by atoms with Gasteiger partial charge in [0.1, 0.15) is 5.84 Å². The number of primary amides is 1. The molecular formula is C7H16N4O2. The number of amidine groups is 1. The van der Waals surface area contributed by atoms with E-state index in [1.54, 1.807) is 0 Å². The van der Waals surface area contributed by atoms with Gasteiger partial charge in [0.05, 0.1) is 6.54 Å². The van der Waals surface area contributed by atoms with E-state index >= 15 is 0 Å². The van der Waals surface area contributed by atoms with Crippen molar-refractivity contribution < 1.29 is 10.0 Å². The quantitative estimate of drug-likeness (QED) is 0.134. The zero-order valence-corrected chi connectivity index (χ0v) is 7.49. The van der Waals surface area contributed by atoms with Crippen LogP contribution in [0.2, 0.25) is 0 Å². The average molecular weight is 188 g/mol. The zero-order valence-electron chi connectivity index (χ0n) is 7.49. The molecule has 6 N–H and O–H groups in total. The molecule has 76 valence electrons. The molecule has 0 atom stereocenters. The molecule has 0 bridgehead atoms. The smallest absolute Gasteiger partial charge is 0.231 e. The Morgan fingerprint density at radius 1 is 1.38 bits per heavy atom. The number of hydrogen-bond acceptors (Lipinski definition) is 4. The number of amides is 1. The van der Waals surface area contributed by atoms with Crippen LogP contribution in [-0.2, 0) is 4.79 Å². The van der Waals surface area contributed by atoms with Crippen LogP contribution in [0.5, 0.6) is 0 Å². The van der Waals surface area contributed by atoms with E-state index in [0.29, 0.717) is 13.0 Å². The highest BCUT2D eigenvalue weighted by Crippen LogP contribution is 1.93. The van der Waals surface area contributed by atoms with Crippen molar-refractivity contribution in [3.8, 4) is 0 Å². The molecule has 0 unspecified atom stereocenters. The molecule has 0 rings (SSSR count). The summed E-state index contributed by atoms with van der Waals surface area (Å²) in [6, 6.07) is 0. The van der Waals surface area contributed by atoms with Gasteiger partial charge in [-0.2, -0.15) is 0 Å². The van der Waals surface area contributed by atoms with Gasteiger partial charge in [-0.15, -0.1) is 0 Å². The maximum atomic E-state index is 10.3. The Morgan fingerprint density at radius 2 is 2.08 bits per heavy atom. The lowest BCUT2D eigenvalue weighted by Gasteiger charge is -2.01. The first kappa shape index (κ1) is 11.7. The number of nitrogens with two attached hydrogens (primary N) is 2. The minimum atomic E-state index is -0.364. The Morgan fingerprint density at radius 3 is 2.62 bits per heavy atom. The van der Waals surface area contributed by atoms with Crippen molar-refractivity contribution in [2.45, 2.75) is 19.3 Å². The van der Waals surface area contributed by atoms with Crippen LogP contribution in [0.4, 0.5) is 0 Å². The number of hydrogen-bond donors (Lipinski definition) is 4. The molecule has 6 nitrogen and oxygen atoms in total. The van der Waals surface area contributed by atoms with Crippen molar-refractivity contribution in [2.24, 2.45) is 16.6 Å². The molecule has 13 heavy (non-hydrogen) atoms. The Balaban J connectivity index is 3.13. The first-order valence-corrected chi connectivity index (χ1v) is 4.12. The Kier molecular flexibility index (Phi) is 6.62. The summed E-state index contributed by atoms with van der Waals surface area (Å²) in [5.74, 6) is -0.133. The molecular weight excluding hydrogens is 172 g/mol. The van der Waals surface area contributed by atoms with Crippen molar-refractivity contribution in [1.82, 2.24) is 5.32 Å². The lowest BCUT2D eigenvalue weighted by Crippen LogP contribution is -2.29. The number of carbonyl (C=O) groups is 1. The first-order valence-electron chi connectivity index (χ1n) is 4.12. The average Bonchev–Trinajstić information content (AvgIpc) is 2.10. The number of rotatable bonds is 7. The largest absolute Gasteiger partial charge is 0.409 e. The summed E-state index contributed by atoms with van der Waals surface area (Å²) in [5, 5.41) is 13.9. The summed E-state index contributed by atoms with van der Waals surface area (Å²) in [4.78, 5) is 10.3. The summed E-state index contributed by atoms with van der Waals surface area (Å²) >= 11 is 0. The van der Waals surface area contributed by atoms with Gasteiger partial charge in [-0.05, 0) is 19.4 Å². The monoisotopic (exact) mass is 188 g/mol.